The van der Waals surface area contributed by atoms with E-state index in [4.69, 9.17) is 9.47 Å². The smallest absolute Gasteiger partial charge is 0.308 e. The van der Waals surface area contributed by atoms with Gasteiger partial charge in [0.2, 0.25) is 0 Å². The number of ether oxygens (including phenoxy) is 2. The first-order chi connectivity index (χ1) is 8.04. The third-order valence-corrected chi connectivity index (χ3v) is 3.10. The molecule has 1 aliphatic rings. The van der Waals surface area contributed by atoms with Gasteiger partial charge in [-0.25, -0.2) is 0 Å². The van der Waals surface area contributed by atoms with E-state index in [9.17, 15) is 9.59 Å². The van der Waals surface area contributed by atoms with Crippen molar-refractivity contribution in [3.8, 4) is 0 Å². The van der Waals surface area contributed by atoms with Crippen LogP contribution in [0.1, 0.15) is 39.5 Å². The van der Waals surface area contributed by atoms with Crippen LogP contribution in [0.2, 0.25) is 0 Å². The quantitative estimate of drug-likeness (QED) is 0.709. The van der Waals surface area contributed by atoms with Gasteiger partial charge in [0.1, 0.15) is 0 Å². The highest BCUT2D eigenvalue weighted by molar-refractivity contribution is 5.76. The van der Waals surface area contributed by atoms with Crippen LogP contribution >= 0.6 is 0 Å². The van der Waals surface area contributed by atoms with Crippen LogP contribution in [-0.2, 0) is 19.1 Å². The summed E-state index contributed by atoms with van der Waals surface area (Å²) < 4.78 is 9.94. The average molecular weight is 242 g/mol. The maximum absolute atomic E-state index is 11.8. The molecule has 1 fully saturated rings. The van der Waals surface area contributed by atoms with Gasteiger partial charge in [0, 0.05) is 0 Å². The Balaban J connectivity index is 2.43. The molecule has 0 amide bonds. The molecule has 98 valence electrons. The molecule has 0 aromatic rings. The van der Waals surface area contributed by atoms with Crippen molar-refractivity contribution < 1.29 is 19.1 Å². The van der Waals surface area contributed by atoms with Crippen molar-refractivity contribution in [3.63, 3.8) is 0 Å². The van der Waals surface area contributed by atoms with E-state index in [1.807, 2.05) is 13.8 Å². The highest BCUT2D eigenvalue weighted by atomic mass is 16.5. The molecule has 4 heteroatoms. The Morgan fingerprint density at radius 2 is 1.76 bits per heavy atom. The highest BCUT2D eigenvalue weighted by Gasteiger charge is 2.32. The summed E-state index contributed by atoms with van der Waals surface area (Å²) in [6.07, 6.45) is 3.11. The minimum Gasteiger partial charge on any atom is -0.469 e. The second-order valence-corrected chi connectivity index (χ2v) is 5.11. The summed E-state index contributed by atoms with van der Waals surface area (Å²) in [5.41, 5.74) is 0. The van der Waals surface area contributed by atoms with Crippen molar-refractivity contribution in [2.45, 2.75) is 39.5 Å². The van der Waals surface area contributed by atoms with E-state index in [-0.39, 0.29) is 23.8 Å². The van der Waals surface area contributed by atoms with Crippen LogP contribution in [0, 0.1) is 17.8 Å². The molecule has 4 nitrogen and oxygen atoms in total. The third-order valence-electron chi connectivity index (χ3n) is 3.10. The lowest BCUT2D eigenvalue weighted by Gasteiger charge is -2.26. The molecular formula is C13H22O4. The highest BCUT2D eigenvalue weighted by Crippen LogP contribution is 2.30. The van der Waals surface area contributed by atoms with Gasteiger partial charge in [0.15, 0.2) is 0 Å². The normalized spacial score (nSPS) is 24.5. The third kappa shape index (κ3) is 4.36. The molecule has 17 heavy (non-hydrogen) atoms. The van der Waals surface area contributed by atoms with Crippen molar-refractivity contribution in [2.24, 2.45) is 17.8 Å². The van der Waals surface area contributed by atoms with Crippen LogP contribution in [-0.4, -0.2) is 25.7 Å². The summed E-state index contributed by atoms with van der Waals surface area (Å²) in [4.78, 5) is 23.2. The van der Waals surface area contributed by atoms with Gasteiger partial charge in [0.05, 0.1) is 25.6 Å². The van der Waals surface area contributed by atoms with Gasteiger partial charge >= 0.3 is 11.9 Å². The van der Waals surface area contributed by atoms with Crippen LogP contribution in [0.3, 0.4) is 0 Å². The molecule has 1 aliphatic carbocycles. The topological polar surface area (TPSA) is 52.6 Å². The number of rotatable bonds is 4. The van der Waals surface area contributed by atoms with E-state index in [1.165, 1.54) is 7.11 Å². The van der Waals surface area contributed by atoms with Gasteiger partial charge in [-0.05, 0) is 25.2 Å². The SMILES string of the molecule is COC(=O)C1CCCC(C(=O)OCC(C)C)C1. The van der Waals surface area contributed by atoms with Crippen LogP contribution < -0.4 is 0 Å². The maximum atomic E-state index is 11.8. The van der Waals surface area contributed by atoms with Crippen molar-refractivity contribution in [1.82, 2.24) is 0 Å². The molecule has 0 spiro atoms. The van der Waals surface area contributed by atoms with Gasteiger partial charge < -0.3 is 9.47 Å². The number of hydrogen-bond donors (Lipinski definition) is 0. The largest absolute Gasteiger partial charge is 0.469 e. The van der Waals surface area contributed by atoms with Crippen molar-refractivity contribution >= 4 is 11.9 Å². The summed E-state index contributed by atoms with van der Waals surface area (Å²) in [6, 6.07) is 0. The molecule has 0 aromatic heterocycles. The monoisotopic (exact) mass is 242 g/mol. The molecule has 0 heterocycles. The van der Waals surface area contributed by atoms with Crippen LogP contribution in [0.25, 0.3) is 0 Å². The number of carbonyl (C=O) groups excluding carboxylic acids is 2. The van der Waals surface area contributed by atoms with Gasteiger partial charge in [-0.2, -0.15) is 0 Å². The van der Waals surface area contributed by atoms with Crippen molar-refractivity contribution in [2.75, 3.05) is 13.7 Å². The summed E-state index contributed by atoms with van der Waals surface area (Å²) in [5, 5.41) is 0. The first kappa shape index (κ1) is 14.0. The first-order valence-electron chi connectivity index (χ1n) is 6.29. The Labute approximate surface area is 103 Å². The Morgan fingerprint density at radius 3 is 2.29 bits per heavy atom. The van der Waals surface area contributed by atoms with Gasteiger partial charge in [-0.3, -0.25) is 9.59 Å². The van der Waals surface area contributed by atoms with Crippen LogP contribution in [0.4, 0.5) is 0 Å². The number of hydrogen-bond acceptors (Lipinski definition) is 4. The molecule has 2 unspecified atom stereocenters. The fraction of sp³-hybridized carbons (Fsp3) is 0.846. The number of carbonyl (C=O) groups is 2. The molecule has 1 rings (SSSR count). The fourth-order valence-electron chi connectivity index (χ4n) is 2.15. The molecule has 0 aliphatic heterocycles. The zero-order chi connectivity index (χ0) is 12.8. The molecule has 2 atom stereocenters. The zero-order valence-electron chi connectivity index (χ0n) is 10.9. The Bertz CT molecular complexity index is 273. The van der Waals surface area contributed by atoms with Gasteiger partial charge in [-0.15, -0.1) is 0 Å². The molecule has 0 radical (unpaired) electrons. The lowest BCUT2D eigenvalue weighted by molar-refractivity contribution is -0.154. The fourth-order valence-corrected chi connectivity index (χ4v) is 2.15. The van der Waals surface area contributed by atoms with Crippen LogP contribution in [0.15, 0.2) is 0 Å². The Morgan fingerprint density at radius 1 is 1.18 bits per heavy atom. The van der Waals surface area contributed by atoms with E-state index in [1.54, 1.807) is 0 Å². The van der Waals surface area contributed by atoms with Gasteiger partial charge in [-0.1, -0.05) is 20.3 Å². The van der Waals surface area contributed by atoms with Crippen molar-refractivity contribution in [1.29, 1.82) is 0 Å². The number of methoxy groups -OCH3 is 1. The van der Waals surface area contributed by atoms with Crippen LogP contribution in [0.5, 0.6) is 0 Å². The minimum atomic E-state index is -0.202. The van der Waals surface area contributed by atoms with E-state index in [2.05, 4.69) is 0 Å². The standard InChI is InChI=1S/C13H22O4/c1-9(2)8-17-13(15)11-6-4-5-10(7-11)12(14)16-3/h9-11H,4-8H2,1-3H3. The lowest BCUT2D eigenvalue weighted by atomic mass is 9.81. The molecule has 0 aromatic carbocycles. The summed E-state index contributed by atoms with van der Waals surface area (Å²) >= 11 is 0. The molecular weight excluding hydrogens is 220 g/mol. The van der Waals surface area contributed by atoms with E-state index >= 15 is 0 Å². The van der Waals surface area contributed by atoms with E-state index < -0.39 is 0 Å². The molecule has 0 bridgehead atoms. The second kappa shape index (κ2) is 6.62. The lowest BCUT2D eigenvalue weighted by Crippen LogP contribution is -2.29. The maximum Gasteiger partial charge on any atom is 0.308 e. The van der Waals surface area contributed by atoms with Crippen molar-refractivity contribution in [3.05, 3.63) is 0 Å². The zero-order valence-corrected chi connectivity index (χ0v) is 10.9. The predicted octanol–water partition coefficient (Wildman–Crippen LogP) is 2.17. The van der Waals surface area contributed by atoms with Gasteiger partial charge in [0.25, 0.3) is 0 Å². The Kier molecular flexibility index (Phi) is 5.45. The molecule has 1 saturated carbocycles. The summed E-state index contributed by atoms with van der Waals surface area (Å²) in [5.74, 6) is -0.283. The first-order valence-corrected chi connectivity index (χ1v) is 6.29. The number of esters is 2. The summed E-state index contributed by atoms with van der Waals surface area (Å²) in [6.45, 7) is 4.47. The van der Waals surface area contributed by atoms with E-state index in [0.29, 0.717) is 18.9 Å². The predicted molar refractivity (Wildman–Crippen MR) is 63.3 cm³/mol. The molecule has 0 saturated heterocycles. The minimum absolute atomic E-state index is 0.133. The average Bonchev–Trinajstić information content (AvgIpc) is 2.35. The molecule has 0 N–H and O–H groups in total. The summed E-state index contributed by atoms with van der Waals surface area (Å²) in [7, 11) is 1.39. The second-order valence-electron chi connectivity index (χ2n) is 5.11. The Hall–Kier alpha value is -1.06. The van der Waals surface area contributed by atoms with E-state index in [0.717, 1.165) is 19.3 Å².